The monoisotopic (exact) mass is 360 g/mol. The lowest BCUT2D eigenvalue weighted by Crippen LogP contribution is -2.30. The van der Waals surface area contributed by atoms with Gasteiger partial charge in [-0.1, -0.05) is 60.7 Å². The SMILES string of the molecule is COc1ccc(NC(=O)NCCC(c2ccccc2)c2ccccc2)cc1. The van der Waals surface area contributed by atoms with Crippen LogP contribution in [0.25, 0.3) is 0 Å². The number of ether oxygens (including phenoxy) is 1. The highest BCUT2D eigenvalue weighted by atomic mass is 16.5. The first-order valence-corrected chi connectivity index (χ1v) is 9.05. The van der Waals surface area contributed by atoms with Crippen LogP contribution in [0.5, 0.6) is 5.75 Å². The molecule has 0 unspecified atom stereocenters. The first kappa shape index (κ1) is 18.5. The van der Waals surface area contributed by atoms with E-state index in [4.69, 9.17) is 4.74 Å². The predicted octanol–water partition coefficient (Wildman–Crippen LogP) is 5.04. The number of carbonyl (C=O) groups is 1. The number of hydrogen-bond acceptors (Lipinski definition) is 2. The van der Waals surface area contributed by atoms with Crippen molar-refractivity contribution in [2.75, 3.05) is 19.0 Å². The molecule has 4 heteroatoms. The molecule has 0 aliphatic carbocycles. The molecular weight excluding hydrogens is 336 g/mol. The molecule has 0 fully saturated rings. The number of urea groups is 1. The molecule has 0 atom stereocenters. The Morgan fingerprint density at radius 3 is 1.93 bits per heavy atom. The molecule has 138 valence electrons. The van der Waals surface area contributed by atoms with Crippen molar-refractivity contribution in [2.45, 2.75) is 12.3 Å². The van der Waals surface area contributed by atoms with Gasteiger partial charge in [0.25, 0.3) is 0 Å². The van der Waals surface area contributed by atoms with Crippen LogP contribution < -0.4 is 15.4 Å². The molecule has 0 bridgehead atoms. The third kappa shape index (κ3) is 5.35. The number of anilines is 1. The van der Waals surface area contributed by atoms with Crippen LogP contribution in [0.15, 0.2) is 84.9 Å². The van der Waals surface area contributed by atoms with Gasteiger partial charge in [-0.3, -0.25) is 0 Å². The van der Waals surface area contributed by atoms with Gasteiger partial charge in [-0.2, -0.15) is 0 Å². The van der Waals surface area contributed by atoms with Crippen LogP contribution in [0.4, 0.5) is 10.5 Å². The molecule has 0 radical (unpaired) electrons. The fourth-order valence-corrected chi connectivity index (χ4v) is 3.08. The molecule has 0 heterocycles. The van der Waals surface area contributed by atoms with Crippen molar-refractivity contribution in [1.82, 2.24) is 5.32 Å². The van der Waals surface area contributed by atoms with E-state index in [0.717, 1.165) is 17.9 Å². The number of amides is 2. The fraction of sp³-hybridized carbons (Fsp3) is 0.174. The third-order valence-corrected chi connectivity index (χ3v) is 4.47. The van der Waals surface area contributed by atoms with Gasteiger partial charge in [-0.25, -0.2) is 4.79 Å². The molecule has 3 aromatic rings. The number of hydrogen-bond donors (Lipinski definition) is 2. The molecule has 2 N–H and O–H groups in total. The van der Waals surface area contributed by atoms with Gasteiger partial charge in [0.2, 0.25) is 0 Å². The van der Waals surface area contributed by atoms with E-state index >= 15 is 0 Å². The maximum Gasteiger partial charge on any atom is 0.319 e. The minimum Gasteiger partial charge on any atom is -0.497 e. The number of rotatable bonds is 7. The summed E-state index contributed by atoms with van der Waals surface area (Å²) in [5.41, 5.74) is 3.23. The minimum absolute atomic E-state index is 0.208. The zero-order valence-corrected chi connectivity index (χ0v) is 15.4. The van der Waals surface area contributed by atoms with Crippen LogP contribution >= 0.6 is 0 Å². The third-order valence-electron chi connectivity index (χ3n) is 4.47. The van der Waals surface area contributed by atoms with Gasteiger partial charge in [-0.15, -0.1) is 0 Å². The zero-order valence-electron chi connectivity index (χ0n) is 15.4. The summed E-state index contributed by atoms with van der Waals surface area (Å²) >= 11 is 0. The quantitative estimate of drug-likeness (QED) is 0.620. The second-order valence-electron chi connectivity index (χ2n) is 6.27. The zero-order chi connectivity index (χ0) is 18.9. The Labute approximate surface area is 160 Å². The van der Waals surface area contributed by atoms with Crippen LogP contribution in [-0.2, 0) is 0 Å². The van der Waals surface area contributed by atoms with Crippen molar-refractivity contribution in [3.8, 4) is 5.75 Å². The molecule has 3 aromatic carbocycles. The average molecular weight is 360 g/mol. The van der Waals surface area contributed by atoms with Crippen molar-refractivity contribution in [2.24, 2.45) is 0 Å². The van der Waals surface area contributed by atoms with Gasteiger partial charge in [0.15, 0.2) is 0 Å². The van der Waals surface area contributed by atoms with E-state index in [1.165, 1.54) is 11.1 Å². The minimum atomic E-state index is -0.208. The molecule has 2 amide bonds. The largest absolute Gasteiger partial charge is 0.497 e. The molecule has 0 aromatic heterocycles. The molecule has 0 saturated carbocycles. The van der Waals surface area contributed by atoms with Gasteiger partial charge in [0.1, 0.15) is 5.75 Å². The van der Waals surface area contributed by atoms with Gasteiger partial charge in [0.05, 0.1) is 7.11 Å². The molecule has 0 aliphatic heterocycles. The van der Waals surface area contributed by atoms with Crippen LogP contribution in [0.3, 0.4) is 0 Å². The van der Waals surface area contributed by atoms with Crippen molar-refractivity contribution < 1.29 is 9.53 Å². The summed E-state index contributed by atoms with van der Waals surface area (Å²) in [6, 6.07) is 27.8. The molecular formula is C23H24N2O2. The van der Waals surface area contributed by atoms with Gasteiger partial charge < -0.3 is 15.4 Å². The lowest BCUT2D eigenvalue weighted by molar-refractivity contribution is 0.252. The molecule has 27 heavy (non-hydrogen) atoms. The topological polar surface area (TPSA) is 50.4 Å². The Morgan fingerprint density at radius 1 is 0.852 bits per heavy atom. The smallest absolute Gasteiger partial charge is 0.319 e. The van der Waals surface area contributed by atoms with Gasteiger partial charge in [-0.05, 0) is 41.8 Å². The first-order valence-electron chi connectivity index (χ1n) is 9.05. The lowest BCUT2D eigenvalue weighted by atomic mass is 9.88. The normalized spacial score (nSPS) is 10.4. The second-order valence-corrected chi connectivity index (χ2v) is 6.27. The molecule has 0 saturated heterocycles. The number of methoxy groups -OCH3 is 1. The lowest BCUT2D eigenvalue weighted by Gasteiger charge is -2.18. The van der Waals surface area contributed by atoms with E-state index in [0.29, 0.717) is 6.54 Å². The Bertz CT molecular complexity index is 794. The maximum absolute atomic E-state index is 12.2. The van der Waals surface area contributed by atoms with E-state index in [1.807, 2.05) is 36.4 Å². The number of carbonyl (C=O) groups excluding carboxylic acids is 1. The number of nitrogens with one attached hydrogen (secondary N) is 2. The summed E-state index contributed by atoms with van der Waals surface area (Å²) in [7, 11) is 1.62. The van der Waals surface area contributed by atoms with Crippen molar-refractivity contribution in [1.29, 1.82) is 0 Å². The van der Waals surface area contributed by atoms with E-state index in [2.05, 4.69) is 59.2 Å². The average Bonchev–Trinajstić information content (AvgIpc) is 2.73. The highest BCUT2D eigenvalue weighted by Crippen LogP contribution is 2.27. The van der Waals surface area contributed by atoms with E-state index in [-0.39, 0.29) is 11.9 Å². The summed E-state index contributed by atoms with van der Waals surface area (Å²) in [5, 5.41) is 5.79. The van der Waals surface area contributed by atoms with E-state index in [9.17, 15) is 4.79 Å². The van der Waals surface area contributed by atoms with Crippen LogP contribution in [-0.4, -0.2) is 19.7 Å². The molecule has 0 spiro atoms. The maximum atomic E-state index is 12.2. The van der Waals surface area contributed by atoms with Crippen molar-refractivity contribution >= 4 is 11.7 Å². The molecule has 4 nitrogen and oxygen atoms in total. The van der Waals surface area contributed by atoms with Crippen molar-refractivity contribution in [3.05, 3.63) is 96.1 Å². The van der Waals surface area contributed by atoms with E-state index < -0.39 is 0 Å². The summed E-state index contributed by atoms with van der Waals surface area (Å²) in [6.07, 6.45) is 0.823. The Balaban J connectivity index is 1.58. The molecule has 0 aliphatic rings. The highest BCUT2D eigenvalue weighted by Gasteiger charge is 2.14. The van der Waals surface area contributed by atoms with Crippen LogP contribution in [0.2, 0.25) is 0 Å². The van der Waals surface area contributed by atoms with Crippen LogP contribution in [0.1, 0.15) is 23.5 Å². The summed E-state index contributed by atoms with van der Waals surface area (Å²) in [4.78, 5) is 12.2. The van der Waals surface area contributed by atoms with Crippen LogP contribution in [0, 0.1) is 0 Å². The Hall–Kier alpha value is -3.27. The molecule has 3 rings (SSSR count). The summed E-state index contributed by atoms with van der Waals surface area (Å²) < 4.78 is 5.12. The second kappa shape index (κ2) is 9.43. The van der Waals surface area contributed by atoms with Gasteiger partial charge in [0, 0.05) is 18.2 Å². The van der Waals surface area contributed by atoms with Crippen molar-refractivity contribution in [3.63, 3.8) is 0 Å². The first-order chi connectivity index (χ1) is 13.3. The number of benzene rings is 3. The Morgan fingerprint density at radius 2 is 1.41 bits per heavy atom. The summed E-state index contributed by atoms with van der Waals surface area (Å²) in [5.74, 6) is 1.00. The Kier molecular flexibility index (Phi) is 6.47. The standard InChI is InChI=1S/C23H24N2O2/c1-27-21-14-12-20(13-15-21)25-23(26)24-17-16-22(18-8-4-2-5-9-18)19-10-6-3-7-11-19/h2-15,22H,16-17H2,1H3,(H2,24,25,26). The van der Waals surface area contributed by atoms with Gasteiger partial charge >= 0.3 is 6.03 Å². The fourth-order valence-electron chi connectivity index (χ4n) is 3.08. The predicted molar refractivity (Wildman–Crippen MR) is 109 cm³/mol. The highest BCUT2D eigenvalue weighted by molar-refractivity contribution is 5.89. The summed E-state index contributed by atoms with van der Waals surface area (Å²) in [6.45, 7) is 0.580. The van der Waals surface area contributed by atoms with E-state index in [1.54, 1.807) is 7.11 Å².